The predicted molar refractivity (Wildman–Crippen MR) is 84.8 cm³/mol. The van der Waals surface area contributed by atoms with Crippen molar-refractivity contribution in [1.29, 1.82) is 0 Å². The second kappa shape index (κ2) is 6.08. The quantitative estimate of drug-likeness (QED) is 0.774. The van der Waals surface area contributed by atoms with Crippen molar-refractivity contribution in [2.24, 2.45) is 0 Å². The maximum absolute atomic E-state index is 5.20. The second-order valence-corrected chi connectivity index (χ2v) is 6.87. The smallest absolute Gasteiger partial charge is 0.133 e. The number of hydrogen-bond donors (Lipinski definition) is 1. The Kier molecular flexibility index (Phi) is 4.70. The lowest BCUT2D eigenvalue weighted by Gasteiger charge is -2.08. The first-order chi connectivity index (χ1) is 8.60. The monoisotopic (exact) mass is 389 g/mol. The van der Waals surface area contributed by atoms with E-state index in [0.717, 1.165) is 22.5 Å². The topological polar surface area (TPSA) is 21.3 Å². The van der Waals surface area contributed by atoms with Crippen LogP contribution in [0.5, 0.6) is 5.75 Å². The standard InChI is InChI=1S/C13H13Br2NOS/c1-8-11(14)6-10(18-8)7-16-9-3-4-13(17-2)12(15)5-9/h3-6,16H,7H2,1-2H3. The molecule has 0 atom stereocenters. The van der Waals surface area contributed by atoms with E-state index in [9.17, 15) is 0 Å². The van der Waals surface area contributed by atoms with Crippen LogP contribution in [-0.4, -0.2) is 7.11 Å². The summed E-state index contributed by atoms with van der Waals surface area (Å²) in [6.45, 7) is 2.94. The number of anilines is 1. The largest absolute Gasteiger partial charge is 0.496 e. The minimum absolute atomic E-state index is 0.829. The fraction of sp³-hybridized carbons (Fsp3) is 0.231. The van der Waals surface area contributed by atoms with Crippen LogP contribution in [0.4, 0.5) is 5.69 Å². The molecule has 96 valence electrons. The number of nitrogens with one attached hydrogen (secondary N) is 1. The molecule has 2 nitrogen and oxygen atoms in total. The first-order valence-electron chi connectivity index (χ1n) is 5.42. The molecule has 5 heteroatoms. The Balaban J connectivity index is 2.04. The van der Waals surface area contributed by atoms with Gasteiger partial charge in [0.2, 0.25) is 0 Å². The summed E-state index contributed by atoms with van der Waals surface area (Å²) in [5, 5.41) is 3.40. The Bertz CT molecular complexity index is 534. The van der Waals surface area contributed by atoms with Crippen LogP contribution >= 0.6 is 43.2 Å². The van der Waals surface area contributed by atoms with Gasteiger partial charge in [0.15, 0.2) is 0 Å². The molecular weight excluding hydrogens is 378 g/mol. The van der Waals surface area contributed by atoms with E-state index in [2.05, 4.69) is 50.2 Å². The third-order valence-electron chi connectivity index (χ3n) is 2.53. The van der Waals surface area contributed by atoms with Gasteiger partial charge in [0.25, 0.3) is 0 Å². The van der Waals surface area contributed by atoms with Gasteiger partial charge in [0.1, 0.15) is 5.75 Å². The van der Waals surface area contributed by atoms with Gasteiger partial charge in [-0.25, -0.2) is 0 Å². The fourth-order valence-electron chi connectivity index (χ4n) is 1.57. The highest BCUT2D eigenvalue weighted by molar-refractivity contribution is 9.10. The Labute approximate surface area is 128 Å². The average Bonchev–Trinajstić information content (AvgIpc) is 2.66. The fourth-order valence-corrected chi connectivity index (χ4v) is 3.65. The van der Waals surface area contributed by atoms with Crippen molar-refractivity contribution in [1.82, 2.24) is 0 Å². The van der Waals surface area contributed by atoms with Crippen molar-refractivity contribution in [3.8, 4) is 5.75 Å². The number of methoxy groups -OCH3 is 1. The van der Waals surface area contributed by atoms with E-state index in [4.69, 9.17) is 4.74 Å². The summed E-state index contributed by atoms with van der Waals surface area (Å²) in [6, 6.07) is 8.14. The first kappa shape index (κ1) is 13.9. The molecular formula is C13H13Br2NOS. The summed E-state index contributed by atoms with van der Waals surface area (Å²) >= 11 is 8.81. The highest BCUT2D eigenvalue weighted by Gasteiger charge is 2.04. The molecule has 0 saturated carbocycles. The predicted octanol–water partition coefficient (Wildman–Crippen LogP) is 5.20. The number of aryl methyl sites for hydroxylation is 1. The van der Waals surface area contributed by atoms with Crippen LogP contribution < -0.4 is 10.1 Å². The van der Waals surface area contributed by atoms with Gasteiger partial charge in [-0.05, 0) is 63.0 Å². The molecule has 0 amide bonds. The Morgan fingerprint density at radius 2 is 2.00 bits per heavy atom. The molecule has 0 aliphatic rings. The van der Waals surface area contributed by atoms with E-state index in [-0.39, 0.29) is 0 Å². The number of halogens is 2. The Hall–Kier alpha value is -0.520. The molecule has 1 aromatic heterocycles. The summed E-state index contributed by atoms with van der Waals surface area (Å²) in [6.07, 6.45) is 0. The van der Waals surface area contributed by atoms with Crippen molar-refractivity contribution in [2.45, 2.75) is 13.5 Å². The van der Waals surface area contributed by atoms with Gasteiger partial charge in [-0.2, -0.15) is 0 Å². The molecule has 2 aromatic rings. The van der Waals surface area contributed by atoms with Gasteiger partial charge in [0.05, 0.1) is 11.6 Å². The van der Waals surface area contributed by atoms with Gasteiger partial charge in [0, 0.05) is 26.5 Å². The van der Waals surface area contributed by atoms with Crippen molar-refractivity contribution in [3.63, 3.8) is 0 Å². The van der Waals surface area contributed by atoms with E-state index in [1.165, 1.54) is 14.2 Å². The van der Waals surface area contributed by atoms with Crippen LogP contribution in [-0.2, 0) is 6.54 Å². The van der Waals surface area contributed by atoms with E-state index in [0.29, 0.717) is 0 Å². The summed E-state index contributed by atoms with van der Waals surface area (Å²) in [4.78, 5) is 2.62. The van der Waals surface area contributed by atoms with Gasteiger partial charge < -0.3 is 10.1 Å². The van der Waals surface area contributed by atoms with Gasteiger partial charge >= 0.3 is 0 Å². The first-order valence-corrected chi connectivity index (χ1v) is 7.82. The van der Waals surface area contributed by atoms with E-state index < -0.39 is 0 Å². The third-order valence-corrected chi connectivity index (χ3v) is 5.28. The Morgan fingerprint density at radius 1 is 1.22 bits per heavy atom. The van der Waals surface area contributed by atoms with Crippen LogP contribution in [0.15, 0.2) is 33.2 Å². The lowest BCUT2D eigenvalue weighted by atomic mass is 10.3. The normalized spacial score (nSPS) is 10.4. The van der Waals surface area contributed by atoms with Crippen molar-refractivity contribution >= 4 is 48.9 Å². The van der Waals surface area contributed by atoms with Crippen molar-refractivity contribution in [3.05, 3.63) is 43.0 Å². The van der Waals surface area contributed by atoms with Crippen LogP contribution in [0.2, 0.25) is 0 Å². The molecule has 0 radical (unpaired) electrons. The molecule has 18 heavy (non-hydrogen) atoms. The zero-order valence-electron chi connectivity index (χ0n) is 10.1. The second-order valence-electron chi connectivity index (χ2n) is 3.82. The number of ether oxygens (including phenoxy) is 1. The van der Waals surface area contributed by atoms with Crippen LogP contribution in [0.25, 0.3) is 0 Å². The number of hydrogen-bond acceptors (Lipinski definition) is 3. The minimum atomic E-state index is 0.829. The van der Waals surface area contributed by atoms with Gasteiger partial charge in [-0.1, -0.05) is 0 Å². The number of rotatable bonds is 4. The van der Waals surface area contributed by atoms with Gasteiger partial charge in [-0.15, -0.1) is 11.3 Å². The van der Waals surface area contributed by atoms with Crippen molar-refractivity contribution < 1.29 is 4.74 Å². The molecule has 0 spiro atoms. The zero-order valence-corrected chi connectivity index (χ0v) is 14.1. The molecule has 0 unspecified atom stereocenters. The van der Waals surface area contributed by atoms with Crippen LogP contribution in [0.3, 0.4) is 0 Å². The molecule has 0 aliphatic heterocycles. The maximum atomic E-state index is 5.20. The Morgan fingerprint density at radius 3 is 2.56 bits per heavy atom. The molecule has 2 rings (SSSR count). The summed E-state index contributed by atoms with van der Waals surface area (Å²) in [5.41, 5.74) is 1.07. The minimum Gasteiger partial charge on any atom is -0.496 e. The molecule has 0 fully saturated rings. The molecule has 1 heterocycles. The summed E-state index contributed by atoms with van der Waals surface area (Å²) in [5.74, 6) is 0.843. The molecule has 1 aromatic carbocycles. The van der Waals surface area contributed by atoms with Crippen molar-refractivity contribution in [2.75, 3.05) is 12.4 Å². The maximum Gasteiger partial charge on any atom is 0.133 e. The molecule has 0 saturated heterocycles. The third kappa shape index (κ3) is 3.28. The molecule has 0 bridgehead atoms. The lowest BCUT2D eigenvalue weighted by Crippen LogP contribution is -1.97. The summed E-state index contributed by atoms with van der Waals surface area (Å²) < 4.78 is 7.34. The molecule has 0 aliphatic carbocycles. The SMILES string of the molecule is COc1ccc(NCc2cc(Br)c(C)s2)cc1Br. The van der Waals surface area contributed by atoms with E-state index in [1.54, 1.807) is 18.4 Å². The number of benzene rings is 1. The van der Waals surface area contributed by atoms with E-state index in [1.807, 2.05) is 18.2 Å². The molecule has 1 N–H and O–H groups in total. The zero-order chi connectivity index (χ0) is 13.1. The van der Waals surface area contributed by atoms with Gasteiger partial charge in [-0.3, -0.25) is 0 Å². The highest BCUT2D eigenvalue weighted by atomic mass is 79.9. The van der Waals surface area contributed by atoms with Crippen LogP contribution in [0.1, 0.15) is 9.75 Å². The lowest BCUT2D eigenvalue weighted by molar-refractivity contribution is 0.412. The van der Waals surface area contributed by atoms with Crippen LogP contribution in [0, 0.1) is 6.92 Å². The number of thiophene rings is 1. The average molecular weight is 391 g/mol. The van der Waals surface area contributed by atoms with E-state index >= 15 is 0 Å². The summed E-state index contributed by atoms with van der Waals surface area (Å²) in [7, 11) is 1.67. The highest BCUT2D eigenvalue weighted by Crippen LogP contribution is 2.29.